The highest BCUT2D eigenvalue weighted by molar-refractivity contribution is 7.11. The molecule has 1 fully saturated rings. The Kier molecular flexibility index (Phi) is 4.66. The molecule has 1 aliphatic rings. The molecule has 120 valence electrons. The van der Waals surface area contributed by atoms with Crippen molar-refractivity contribution in [2.24, 2.45) is 5.92 Å². The van der Waals surface area contributed by atoms with Gasteiger partial charge in [0.2, 0.25) is 0 Å². The third-order valence-corrected chi connectivity index (χ3v) is 5.54. The lowest BCUT2D eigenvalue weighted by Crippen LogP contribution is -2.51. The van der Waals surface area contributed by atoms with E-state index < -0.39 is 22.8 Å². The van der Waals surface area contributed by atoms with Crippen molar-refractivity contribution in [1.82, 2.24) is 9.88 Å². The molecule has 0 bridgehead atoms. The summed E-state index contributed by atoms with van der Waals surface area (Å²) < 4.78 is 38.0. The Bertz CT molecular complexity index is 489. The van der Waals surface area contributed by atoms with E-state index in [1.54, 1.807) is 0 Å². The average Bonchev–Trinajstić information content (AvgIpc) is 2.86. The minimum Gasteiger partial charge on any atom is -0.386 e. The molecule has 0 aromatic carbocycles. The number of rotatable bonds is 3. The maximum atomic E-state index is 12.7. The summed E-state index contributed by atoms with van der Waals surface area (Å²) in [7, 11) is 3.76. The summed E-state index contributed by atoms with van der Waals surface area (Å²) in [6, 6.07) is 0. The quantitative estimate of drug-likeness (QED) is 0.922. The highest BCUT2D eigenvalue weighted by atomic mass is 32.1. The molecule has 3 unspecified atom stereocenters. The van der Waals surface area contributed by atoms with Gasteiger partial charge in [-0.05, 0) is 32.9 Å². The predicted molar refractivity (Wildman–Crippen MR) is 76.1 cm³/mol. The summed E-state index contributed by atoms with van der Waals surface area (Å²) in [4.78, 5) is 5.68. The Morgan fingerprint density at radius 3 is 2.62 bits per heavy atom. The molecule has 1 N–H and O–H groups in total. The van der Waals surface area contributed by atoms with Crippen LogP contribution in [-0.4, -0.2) is 34.6 Å². The van der Waals surface area contributed by atoms with Gasteiger partial charge in [-0.3, -0.25) is 0 Å². The minimum atomic E-state index is -4.45. The zero-order valence-corrected chi connectivity index (χ0v) is 13.3. The van der Waals surface area contributed by atoms with Gasteiger partial charge in [0.15, 0.2) is 5.01 Å². The SMILES string of the molecule is CC1CCCC(C(O)c2cnc(C(F)(F)F)s2)(N(C)C)C1. The number of thiazole rings is 1. The van der Waals surface area contributed by atoms with Gasteiger partial charge in [0.25, 0.3) is 0 Å². The van der Waals surface area contributed by atoms with E-state index in [4.69, 9.17) is 0 Å². The van der Waals surface area contributed by atoms with Crippen LogP contribution in [0.3, 0.4) is 0 Å². The maximum Gasteiger partial charge on any atom is 0.443 e. The Hall–Kier alpha value is -0.660. The molecule has 3 atom stereocenters. The number of aromatic nitrogens is 1. The van der Waals surface area contributed by atoms with Crippen LogP contribution in [0.5, 0.6) is 0 Å². The van der Waals surface area contributed by atoms with Gasteiger partial charge in [-0.2, -0.15) is 13.2 Å². The monoisotopic (exact) mass is 322 g/mol. The standard InChI is InChI=1S/C14H21F3N2OS/c1-9-5-4-6-13(7-9,19(2)3)11(20)10-8-18-12(21-10)14(15,16)17/h8-9,11,20H,4-7H2,1-3H3. The first-order valence-corrected chi connectivity index (χ1v) is 7.87. The summed E-state index contributed by atoms with van der Waals surface area (Å²) in [6.45, 7) is 2.12. The molecule has 0 amide bonds. The van der Waals surface area contributed by atoms with Gasteiger partial charge in [0.05, 0.1) is 10.4 Å². The highest BCUT2D eigenvalue weighted by Crippen LogP contribution is 2.46. The van der Waals surface area contributed by atoms with Crippen LogP contribution in [0, 0.1) is 5.92 Å². The molecule has 1 aliphatic carbocycles. The molecule has 21 heavy (non-hydrogen) atoms. The Morgan fingerprint density at radius 1 is 1.48 bits per heavy atom. The molecule has 0 radical (unpaired) electrons. The highest BCUT2D eigenvalue weighted by Gasteiger charge is 2.45. The van der Waals surface area contributed by atoms with Gasteiger partial charge in [-0.25, -0.2) is 4.98 Å². The number of hydrogen-bond acceptors (Lipinski definition) is 4. The summed E-state index contributed by atoms with van der Waals surface area (Å²) in [6.07, 6.45) is -0.592. The van der Waals surface area contributed by atoms with E-state index in [9.17, 15) is 18.3 Å². The number of aliphatic hydroxyl groups excluding tert-OH is 1. The molecule has 0 spiro atoms. The first kappa shape index (κ1) is 16.7. The van der Waals surface area contributed by atoms with Gasteiger partial charge in [-0.15, -0.1) is 11.3 Å². The van der Waals surface area contributed by atoms with E-state index in [-0.39, 0.29) is 0 Å². The fourth-order valence-corrected chi connectivity index (χ4v) is 4.15. The van der Waals surface area contributed by atoms with Crippen LogP contribution in [0.25, 0.3) is 0 Å². The van der Waals surface area contributed by atoms with Crippen LogP contribution in [0.1, 0.15) is 48.6 Å². The van der Waals surface area contributed by atoms with Gasteiger partial charge >= 0.3 is 6.18 Å². The number of halogens is 3. The smallest absolute Gasteiger partial charge is 0.386 e. The molecular weight excluding hydrogens is 301 g/mol. The molecule has 1 aromatic heterocycles. The van der Waals surface area contributed by atoms with Crippen LogP contribution in [0.15, 0.2) is 6.20 Å². The molecule has 7 heteroatoms. The zero-order valence-electron chi connectivity index (χ0n) is 12.4. The van der Waals surface area contributed by atoms with Crippen molar-refractivity contribution in [3.8, 4) is 0 Å². The fraction of sp³-hybridized carbons (Fsp3) is 0.786. The van der Waals surface area contributed by atoms with Gasteiger partial charge in [0.1, 0.15) is 6.10 Å². The van der Waals surface area contributed by atoms with Crippen molar-refractivity contribution in [3.63, 3.8) is 0 Å². The molecule has 2 rings (SSSR count). The van der Waals surface area contributed by atoms with Gasteiger partial charge in [-0.1, -0.05) is 19.8 Å². The van der Waals surface area contributed by atoms with E-state index in [2.05, 4.69) is 11.9 Å². The number of aliphatic hydroxyl groups is 1. The maximum absolute atomic E-state index is 12.7. The first-order valence-electron chi connectivity index (χ1n) is 7.05. The fourth-order valence-electron chi connectivity index (χ4n) is 3.27. The van der Waals surface area contributed by atoms with Crippen LogP contribution in [0.2, 0.25) is 0 Å². The molecule has 0 saturated heterocycles. The average molecular weight is 322 g/mol. The minimum absolute atomic E-state index is 0.296. The molecule has 0 aliphatic heterocycles. The van der Waals surface area contributed by atoms with Crippen molar-refractivity contribution < 1.29 is 18.3 Å². The lowest BCUT2D eigenvalue weighted by atomic mass is 9.72. The lowest BCUT2D eigenvalue weighted by Gasteiger charge is -2.47. The second kappa shape index (κ2) is 5.85. The number of nitrogens with zero attached hydrogens (tertiary/aromatic N) is 2. The predicted octanol–water partition coefficient (Wildman–Crippen LogP) is 3.71. The van der Waals surface area contributed by atoms with Crippen LogP contribution >= 0.6 is 11.3 Å². The Balaban J connectivity index is 2.31. The van der Waals surface area contributed by atoms with Crippen LogP contribution in [-0.2, 0) is 6.18 Å². The lowest BCUT2D eigenvalue weighted by molar-refractivity contribution is -0.137. The van der Waals surface area contributed by atoms with Crippen molar-refractivity contribution in [3.05, 3.63) is 16.1 Å². The van der Waals surface area contributed by atoms with E-state index in [0.717, 1.165) is 25.7 Å². The largest absolute Gasteiger partial charge is 0.443 e. The summed E-state index contributed by atoms with van der Waals surface area (Å²) in [5.74, 6) is 0.450. The second-order valence-electron chi connectivity index (χ2n) is 6.17. The summed E-state index contributed by atoms with van der Waals surface area (Å²) in [5.41, 5.74) is -0.507. The Morgan fingerprint density at radius 2 is 2.14 bits per heavy atom. The number of alkyl halides is 3. The molecule has 1 heterocycles. The third-order valence-electron chi connectivity index (χ3n) is 4.44. The normalized spacial score (nSPS) is 28.9. The second-order valence-corrected chi connectivity index (χ2v) is 7.23. The molecule has 1 saturated carbocycles. The van der Waals surface area contributed by atoms with E-state index in [1.165, 1.54) is 6.20 Å². The number of hydrogen-bond donors (Lipinski definition) is 1. The van der Waals surface area contributed by atoms with Crippen LogP contribution < -0.4 is 0 Å². The van der Waals surface area contributed by atoms with Crippen molar-refractivity contribution in [2.45, 2.75) is 50.4 Å². The third kappa shape index (κ3) is 3.24. The van der Waals surface area contributed by atoms with E-state index in [0.29, 0.717) is 22.1 Å². The van der Waals surface area contributed by atoms with Gasteiger partial charge in [0, 0.05) is 6.20 Å². The topological polar surface area (TPSA) is 36.4 Å². The summed E-state index contributed by atoms with van der Waals surface area (Å²) >= 11 is 0.546. The first-order chi connectivity index (χ1) is 9.67. The molecule has 3 nitrogen and oxygen atoms in total. The molecular formula is C14H21F3N2OS. The molecule has 1 aromatic rings. The van der Waals surface area contributed by atoms with Gasteiger partial charge < -0.3 is 10.0 Å². The van der Waals surface area contributed by atoms with Crippen molar-refractivity contribution in [2.75, 3.05) is 14.1 Å². The van der Waals surface area contributed by atoms with E-state index in [1.807, 2.05) is 19.0 Å². The Labute approximate surface area is 126 Å². The zero-order chi connectivity index (χ0) is 15.8. The summed E-state index contributed by atoms with van der Waals surface area (Å²) in [5, 5.41) is 9.83. The van der Waals surface area contributed by atoms with E-state index >= 15 is 0 Å². The van der Waals surface area contributed by atoms with Crippen molar-refractivity contribution in [1.29, 1.82) is 0 Å². The number of likely N-dealkylation sites (N-methyl/N-ethyl adjacent to an activating group) is 1. The van der Waals surface area contributed by atoms with Crippen molar-refractivity contribution >= 4 is 11.3 Å². The van der Waals surface area contributed by atoms with Crippen LogP contribution in [0.4, 0.5) is 13.2 Å².